The van der Waals surface area contributed by atoms with Crippen LogP contribution in [-0.2, 0) is 15.7 Å². The van der Waals surface area contributed by atoms with Crippen molar-refractivity contribution in [2.24, 2.45) is 11.8 Å². The molecular weight excluding hydrogens is 319 g/mol. The molecule has 0 spiro atoms. The van der Waals surface area contributed by atoms with Gasteiger partial charge in [-0.25, -0.2) is 0 Å². The first kappa shape index (κ1) is 17.3. The van der Waals surface area contributed by atoms with Crippen molar-refractivity contribution in [3.8, 4) is 0 Å². The third-order valence-corrected chi connectivity index (χ3v) is 4.95. The van der Waals surface area contributed by atoms with Gasteiger partial charge in [-0.2, -0.15) is 13.2 Å². The lowest BCUT2D eigenvalue weighted by Crippen LogP contribution is -2.36. The number of ether oxygens (including phenoxy) is 1. The molecule has 1 aromatic carbocycles. The summed E-state index contributed by atoms with van der Waals surface area (Å²) < 4.78 is 43.8. The van der Waals surface area contributed by atoms with Crippen LogP contribution in [0.3, 0.4) is 0 Å². The lowest BCUT2D eigenvalue weighted by molar-refractivity contribution is -0.137. The summed E-state index contributed by atoms with van der Waals surface area (Å²) in [5.74, 6) is 0.163. The second-order valence-corrected chi connectivity index (χ2v) is 6.68. The first-order valence-corrected chi connectivity index (χ1v) is 8.43. The average molecular weight is 341 g/mol. The molecule has 1 heterocycles. The van der Waals surface area contributed by atoms with E-state index in [4.69, 9.17) is 4.74 Å². The van der Waals surface area contributed by atoms with E-state index in [0.29, 0.717) is 37.6 Å². The van der Waals surface area contributed by atoms with E-state index in [1.807, 2.05) is 11.8 Å². The number of rotatable bonds is 5. The highest BCUT2D eigenvalue weighted by Gasteiger charge is 2.46. The highest BCUT2D eigenvalue weighted by molar-refractivity contribution is 5.83. The molecule has 3 atom stereocenters. The van der Waals surface area contributed by atoms with Gasteiger partial charge in [0.05, 0.1) is 12.2 Å². The number of alkyl halides is 3. The van der Waals surface area contributed by atoms with Crippen molar-refractivity contribution in [1.29, 1.82) is 0 Å². The maximum absolute atomic E-state index is 12.8. The molecule has 3 rings (SSSR count). The Morgan fingerprint density at radius 1 is 1.38 bits per heavy atom. The maximum Gasteiger partial charge on any atom is 0.416 e. The van der Waals surface area contributed by atoms with Gasteiger partial charge in [0, 0.05) is 31.5 Å². The van der Waals surface area contributed by atoms with Crippen LogP contribution >= 0.6 is 0 Å². The second kappa shape index (κ2) is 6.75. The zero-order valence-corrected chi connectivity index (χ0v) is 13.7. The highest BCUT2D eigenvalue weighted by Crippen LogP contribution is 2.49. The van der Waals surface area contributed by atoms with Crippen LogP contribution in [0.15, 0.2) is 24.3 Å². The Labute approximate surface area is 139 Å². The van der Waals surface area contributed by atoms with Crippen LogP contribution in [0.2, 0.25) is 0 Å². The van der Waals surface area contributed by atoms with Gasteiger partial charge in [-0.3, -0.25) is 4.79 Å². The van der Waals surface area contributed by atoms with Gasteiger partial charge in [-0.15, -0.1) is 0 Å². The fourth-order valence-electron chi connectivity index (χ4n) is 3.43. The molecule has 1 aliphatic heterocycles. The van der Waals surface area contributed by atoms with Crippen LogP contribution in [-0.4, -0.2) is 37.1 Å². The minimum atomic E-state index is -4.34. The van der Waals surface area contributed by atoms with E-state index in [1.165, 1.54) is 12.1 Å². The Morgan fingerprint density at radius 2 is 2.17 bits per heavy atom. The summed E-state index contributed by atoms with van der Waals surface area (Å²) in [6.45, 7) is 4.68. The maximum atomic E-state index is 12.8. The number of carbonyl (C=O) groups is 1. The Hall–Kier alpha value is -1.56. The third kappa shape index (κ3) is 3.74. The zero-order chi connectivity index (χ0) is 17.3. The van der Waals surface area contributed by atoms with E-state index in [0.717, 1.165) is 19.1 Å². The molecule has 0 bridgehead atoms. The quantitative estimate of drug-likeness (QED) is 0.817. The predicted molar refractivity (Wildman–Crippen MR) is 83.5 cm³/mol. The predicted octanol–water partition coefficient (Wildman–Crippen LogP) is 3.69. The summed E-state index contributed by atoms with van der Waals surface area (Å²) in [5.41, 5.74) is -0.0306. The Bertz CT molecular complexity index is 596. The molecule has 0 N–H and O–H groups in total. The number of halogens is 3. The molecule has 2 aliphatic rings. The van der Waals surface area contributed by atoms with Crippen LogP contribution in [0.25, 0.3) is 0 Å². The number of nitrogens with zero attached hydrogens (tertiary/aromatic N) is 1. The van der Waals surface area contributed by atoms with Gasteiger partial charge in [0.1, 0.15) is 0 Å². The molecule has 2 fully saturated rings. The first-order valence-electron chi connectivity index (χ1n) is 8.43. The molecular formula is C18H22F3NO2. The van der Waals surface area contributed by atoms with Crippen molar-refractivity contribution in [3.63, 3.8) is 0 Å². The van der Waals surface area contributed by atoms with E-state index in [9.17, 15) is 18.0 Å². The number of hydrogen-bond donors (Lipinski definition) is 0. The number of carbonyl (C=O) groups excluding carboxylic acids is 1. The number of benzene rings is 1. The molecule has 1 aliphatic carbocycles. The number of amides is 1. The molecule has 1 saturated carbocycles. The molecule has 0 radical (unpaired) electrons. The summed E-state index contributed by atoms with van der Waals surface area (Å²) in [6, 6.07) is 5.36. The van der Waals surface area contributed by atoms with Crippen LogP contribution in [0.1, 0.15) is 36.8 Å². The summed E-state index contributed by atoms with van der Waals surface area (Å²) in [7, 11) is 0. The summed E-state index contributed by atoms with van der Waals surface area (Å²) in [4.78, 5) is 14.5. The smallest absolute Gasteiger partial charge is 0.381 e. The van der Waals surface area contributed by atoms with Crippen LogP contribution in [0.4, 0.5) is 13.2 Å². The molecule has 1 amide bonds. The van der Waals surface area contributed by atoms with Crippen LogP contribution in [0.5, 0.6) is 0 Å². The van der Waals surface area contributed by atoms with Crippen molar-refractivity contribution in [2.75, 3.05) is 26.3 Å². The monoisotopic (exact) mass is 341 g/mol. The fraction of sp³-hybridized carbons (Fsp3) is 0.611. The van der Waals surface area contributed by atoms with Gasteiger partial charge in [0.15, 0.2) is 0 Å². The normalized spacial score (nSPS) is 26.4. The Morgan fingerprint density at radius 3 is 2.79 bits per heavy atom. The van der Waals surface area contributed by atoms with E-state index in [2.05, 4.69) is 0 Å². The minimum absolute atomic E-state index is 0.0619. The molecule has 3 nitrogen and oxygen atoms in total. The molecule has 24 heavy (non-hydrogen) atoms. The van der Waals surface area contributed by atoms with E-state index < -0.39 is 11.7 Å². The summed E-state index contributed by atoms with van der Waals surface area (Å²) in [6.07, 6.45) is -2.74. The summed E-state index contributed by atoms with van der Waals surface area (Å²) >= 11 is 0. The van der Waals surface area contributed by atoms with Gasteiger partial charge in [0.2, 0.25) is 5.91 Å². The first-order chi connectivity index (χ1) is 11.4. The zero-order valence-electron chi connectivity index (χ0n) is 13.7. The van der Waals surface area contributed by atoms with Crippen molar-refractivity contribution in [3.05, 3.63) is 35.4 Å². The third-order valence-electron chi connectivity index (χ3n) is 4.95. The lowest BCUT2D eigenvalue weighted by atomic mass is 10.0. The van der Waals surface area contributed by atoms with E-state index >= 15 is 0 Å². The molecule has 6 heteroatoms. The number of hydrogen-bond acceptors (Lipinski definition) is 2. The van der Waals surface area contributed by atoms with E-state index in [-0.39, 0.29) is 17.7 Å². The SMILES string of the molecule is CCN(CC1CCOC1)C(=O)C1CC1c1cccc(C(F)(F)F)c1. The molecule has 3 unspecified atom stereocenters. The Balaban J connectivity index is 1.64. The molecule has 0 aromatic heterocycles. The van der Waals surface area contributed by atoms with Gasteiger partial charge in [-0.1, -0.05) is 18.2 Å². The van der Waals surface area contributed by atoms with Crippen molar-refractivity contribution in [1.82, 2.24) is 4.90 Å². The fourth-order valence-corrected chi connectivity index (χ4v) is 3.43. The van der Waals surface area contributed by atoms with Crippen molar-refractivity contribution in [2.45, 2.75) is 31.9 Å². The molecule has 1 aromatic rings. The van der Waals surface area contributed by atoms with Crippen molar-refractivity contribution >= 4 is 5.91 Å². The standard InChI is InChI=1S/C18H22F3NO2/c1-2-22(10-12-6-7-24-11-12)17(23)16-9-15(16)13-4-3-5-14(8-13)18(19,20)21/h3-5,8,12,15-16H,2,6-7,9-11H2,1H3. The largest absolute Gasteiger partial charge is 0.416 e. The highest BCUT2D eigenvalue weighted by atomic mass is 19.4. The Kier molecular flexibility index (Phi) is 4.85. The van der Waals surface area contributed by atoms with Gasteiger partial charge >= 0.3 is 6.18 Å². The molecule has 1 saturated heterocycles. The van der Waals surface area contributed by atoms with Crippen molar-refractivity contribution < 1.29 is 22.7 Å². The van der Waals surface area contributed by atoms with Gasteiger partial charge < -0.3 is 9.64 Å². The lowest BCUT2D eigenvalue weighted by Gasteiger charge is -2.24. The second-order valence-electron chi connectivity index (χ2n) is 6.68. The van der Waals surface area contributed by atoms with Gasteiger partial charge in [-0.05, 0) is 37.3 Å². The van der Waals surface area contributed by atoms with Gasteiger partial charge in [0.25, 0.3) is 0 Å². The van der Waals surface area contributed by atoms with Crippen LogP contribution in [0, 0.1) is 11.8 Å². The molecule has 132 valence electrons. The average Bonchev–Trinajstić information content (AvgIpc) is 3.19. The summed E-state index contributed by atoms with van der Waals surface area (Å²) in [5, 5.41) is 0. The van der Waals surface area contributed by atoms with Crippen LogP contribution < -0.4 is 0 Å². The van der Waals surface area contributed by atoms with E-state index in [1.54, 1.807) is 6.07 Å². The minimum Gasteiger partial charge on any atom is -0.381 e. The topological polar surface area (TPSA) is 29.5 Å².